The summed E-state index contributed by atoms with van der Waals surface area (Å²) in [4.78, 5) is 28.3. The number of amides is 2. The Balaban J connectivity index is 1.93. The van der Waals surface area contributed by atoms with Crippen molar-refractivity contribution in [3.05, 3.63) is 53.3 Å². The highest BCUT2D eigenvalue weighted by Gasteiger charge is 2.20. The second-order valence-electron chi connectivity index (χ2n) is 7.08. The number of likely N-dealkylation sites (N-methyl/N-ethyl adjacent to an activating group) is 2. The van der Waals surface area contributed by atoms with E-state index < -0.39 is 0 Å². The molecule has 0 atom stereocenters. The minimum Gasteiger partial charge on any atom is -0.493 e. The first kappa shape index (κ1) is 24.0. The van der Waals surface area contributed by atoms with Gasteiger partial charge in [0.1, 0.15) is 5.82 Å². The van der Waals surface area contributed by atoms with Crippen molar-refractivity contribution >= 4 is 11.8 Å². The molecule has 168 valence electrons. The zero-order valence-electron chi connectivity index (χ0n) is 18.6. The van der Waals surface area contributed by atoms with E-state index in [1.54, 1.807) is 43.3 Å². The molecule has 2 amide bonds. The van der Waals surface area contributed by atoms with E-state index in [0.717, 1.165) is 5.56 Å². The summed E-state index contributed by atoms with van der Waals surface area (Å²) in [5.41, 5.74) is 1.29. The number of hydrogen-bond acceptors (Lipinski definition) is 5. The highest BCUT2D eigenvalue weighted by molar-refractivity contribution is 5.95. The molecule has 0 bridgehead atoms. The molecule has 2 aromatic rings. The van der Waals surface area contributed by atoms with Crippen LogP contribution in [0.1, 0.15) is 22.3 Å². The number of ether oxygens (including phenoxy) is 3. The van der Waals surface area contributed by atoms with Gasteiger partial charge in [0, 0.05) is 39.2 Å². The molecule has 0 heterocycles. The number of benzene rings is 2. The largest absolute Gasteiger partial charge is 0.493 e. The van der Waals surface area contributed by atoms with Gasteiger partial charge in [0.25, 0.3) is 5.91 Å². The number of halogens is 1. The lowest BCUT2D eigenvalue weighted by Gasteiger charge is -2.23. The van der Waals surface area contributed by atoms with E-state index >= 15 is 0 Å². The van der Waals surface area contributed by atoms with Crippen molar-refractivity contribution in [3.63, 3.8) is 0 Å². The quantitative estimate of drug-likeness (QED) is 0.577. The smallest absolute Gasteiger partial charge is 0.253 e. The van der Waals surface area contributed by atoms with E-state index in [2.05, 4.69) is 0 Å². The minimum atomic E-state index is -0.299. The van der Waals surface area contributed by atoms with Gasteiger partial charge >= 0.3 is 0 Å². The molecular formula is C23H29FN2O5. The number of methoxy groups -OCH3 is 3. The molecule has 31 heavy (non-hydrogen) atoms. The molecule has 0 saturated heterocycles. The number of rotatable bonds is 10. The van der Waals surface area contributed by atoms with Crippen LogP contribution in [-0.4, -0.2) is 70.1 Å². The van der Waals surface area contributed by atoms with Crippen LogP contribution >= 0.6 is 0 Å². The summed E-state index contributed by atoms with van der Waals surface area (Å²) in [6, 6.07) is 9.30. The number of aryl methyl sites for hydroxylation is 1. The first-order valence-electron chi connectivity index (χ1n) is 9.84. The molecule has 8 heteroatoms. The molecule has 2 rings (SSSR count). The molecule has 0 unspecified atom stereocenters. The molecule has 0 spiro atoms. The Morgan fingerprint density at radius 3 is 1.94 bits per heavy atom. The van der Waals surface area contributed by atoms with Gasteiger partial charge in [-0.25, -0.2) is 4.39 Å². The van der Waals surface area contributed by atoms with E-state index in [0.29, 0.717) is 48.7 Å². The van der Waals surface area contributed by atoms with Crippen LogP contribution < -0.4 is 14.2 Å². The SMILES string of the molecule is COc1cc(C(=O)N(C)CCN(C)C(=O)CCc2ccc(F)cc2)cc(OC)c1OC. The molecule has 7 nitrogen and oxygen atoms in total. The third kappa shape index (κ3) is 6.34. The van der Waals surface area contributed by atoms with E-state index in [4.69, 9.17) is 14.2 Å². The van der Waals surface area contributed by atoms with Crippen molar-refractivity contribution in [1.82, 2.24) is 9.80 Å². The Hall–Kier alpha value is -3.29. The van der Waals surface area contributed by atoms with Gasteiger partial charge < -0.3 is 24.0 Å². The summed E-state index contributed by atoms with van der Waals surface area (Å²) < 4.78 is 28.9. The predicted octanol–water partition coefficient (Wildman–Crippen LogP) is 3.01. The summed E-state index contributed by atoms with van der Waals surface area (Å²) in [5, 5.41) is 0. The maximum atomic E-state index is 13.0. The normalized spacial score (nSPS) is 10.4. The zero-order chi connectivity index (χ0) is 23.0. The fourth-order valence-electron chi connectivity index (χ4n) is 3.04. The number of nitrogens with zero attached hydrogens (tertiary/aromatic N) is 2. The number of carbonyl (C=O) groups excluding carboxylic acids is 2. The van der Waals surface area contributed by atoms with Crippen molar-refractivity contribution in [1.29, 1.82) is 0 Å². The highest BCUT2D eigenvalue weighted by atomic mass is 19.1. The van der Waals surface area contributed by atoms with Crippen LogP contribution in [0.2, 0.25) is 0 Å². The lowest BCUT2D eigenvalue weighted by atomic mass is 10.1. The van der Waals surface area contributed by atoms with Crippen LogP contribution in [0.5, 0.6) is 17.2 Å². The molecule has 0 aliphatic carbocycles. The molecule has 0 aliphatic heterocycles. The van der Waals surface area contributed by atoms with Crippen LogP contribution in [0, 0.1) is 5.82 Å². The van der Waals surface area contributed by atoms with Gasteiger partial charge in [0.15, 0.2) is 11.5 Å². The molecule has 0 aliphatic rings. The van der Waals surface area contributed by atoms with Crippen molar-refractivity contribution in [3.8, 4) is 17.2 Å². The van der Waals surface area contributed by atoms with Gasteiger partial charge in [-0.05, 0) is 36.2 Å². The van der Waals surface area contributed by atoms with Gasteiger partial charge in [0.2, 0.25) is 11.7 Å². The summed E-state index contributed by atoms with van der Waals surface area (Å²) in [6.07, 6.45) is 0.844. The van der Waals surface area contributed by atoms with Gasteiger partial charge in [-0.1, -0.05) is 12.1 Å². The Morgan fingerprint density at radius 2 is 1.42 bits per heavy atom. The van der Waals surface area contributed by atoms with Crippen LogP contribution in [0.3, 0.4) is 0 Å². The predicted molar refractivity (Wildman–Crippen MR) is 115 cm³/mol. The first-order valence-corrected chi connectivity index (χ1v) is 9.84. The topological polar surface area (TPSA) is 68.3 Å². The maximum Gasteiger partial charge on any atom is 0.253 e. The number of carbonyl (C=O) groups is 2. The molecule has 0 N–H and O–H groups in total. The van der Waals surface area contributed by atoms with E-state index in [1.807, 2.05) is 0 Å². The van der Waals surface area contributed by atoms with Crippen molar-refractivity contribution in [2.45, 2.75) is 12.8 Å². The van der Waals surface area contributed by atoms with Crippen LogP contribution in [0.25, 0.3) is 0 Å². The number of hydrogen-bond donors (Lipinski definition) is 0. The highest BCUT2D eigenvalue weighted by Crippen LogP contribution is 2.38. The second-order valence-corrected chi connectivity index (χ2v) is 7.08. The first-order chi connectivity index (χ1) is 14.8. The molecule has 0 radical (unpaired) electrons. The Bertz CT molecular complexity index is 876. The monoisotopic (exact) mass is 432 g/mol. The maximum absolute atomic E-state index is 13.0. The average molecular weight is 432 g/mol. The lowest BCUT2D eigenvalue weighted by molar-refractivity contribution is -0.130. The van der Waals surface area contributed by atoms with E-state index in [9.17, 15) is 14.0 Å². The molecular weight excluding hydrogens is 403 g/mol. The fraction of sp³-hybridized carbons (Fsp3) is 0.391. The van der Waals surface area contributed by atoms with Crippen molar-refractivity contribution < 1.29 is 28.2 Å². The van der Waals surface area contributed by atoms with Crippen molar-refractivity contribution in [2.24, 2.45) is 0 Å². The van der Waals surface area contributed by atoms with Gasteiger partial charge in [-0.3, -0.25) is 9.59 Å². The standard InChI is InChI=1S/C23H29FN2O5/c1-25(21(27)11-8-16-6-9-18(24)10-7-16)12-13-26(2)23(28)17-14-19(29-3)22(31-5)20(15-17)30-4/h6-7,9-10,14-15H,8,11-13H2,1-5H3. The summed E-state index contributed by atoms with van der Waals surface area (Å²) >= 11 is 0. The van der Waals surface area contributed by atoms with Crippen LogP contribution in [0.4, 0.5) is 4.39 Å². The Labute approximate surface area is 182 Å². The van der Waals surface area contributed by atoms with Crippen LogP contribution in [0.15, 0.2) is 36.4 Å². The third-order valence-corrected chi connectivity index (χ3v) is 5.00. The molecule has 0 aromatic heterocycles. The Morgan fingerprint density at radius 1 is 0.871 bits per heavy atom. The summed E-state index contributed by atoms with van der Waals surface area (Å²) in [5.74, 6) is 0.630. The van der Waals surface area contributed by atoms with Gasteiger partial charge in [-0.2, -0.15) is 0 Å². The zero-order valence-corrected chi connectivity index (χ0v) is 18.6. The molecule has 0 saturated carbocycles. The third-order valence-electron chi connectivity index (χ3n) is 5.00. The summed E-state index contributed by atoms with van der Waals surface area (Å²) in [6.45, 7) is 0.739. The van der Waals surface area contributed by atoms with E-state index in [1.165, 1.54) is 38.4 Å². The van der Waals surface area contributed by atoms with E-state index in [-0.39, 0.29) is 17.6 Å². The van der Waals surface area contributed by atoms with Crippen molar-refractivity contribution in [2.75, 3.05) is 48.5 Å². The second kappa shape index (κ2) is 11.2. The fourth-order valence-corrected chi connectivity index (χ4v) is 3.04. The lowest BCUT2D eigenvalue weighted by Crippen LogP contribution is -2.37. The minimum absolute atomic E-state index is 0.0436. The molecule has 2 aromatic carbocycles. The van der Waals surface area contributed by atoms with Crippen LogP contribution in [-0.2, 0) is 11.2 Å². The summed E-state index contributed by atoms with van der Waals surface area (Å²) in [7, 11) is 7.84. The molecule has 0 fully saturated rings. The average Bonchev–Trinajstić information content (AvgIpc) is 2.79. The van der Waals surface area contributed by atoms with Gasteiger partial charge in [0.05, 0.1) is 21.3 Å². The Kier molecular flexibility index (Phi) is 8.66. The van der Waals surface area contributed by atoms with Gasteiger partial charge in [-0.15, -0.1) is 0 Å².